The van der Waals surface area contributed by atoms with Crippen LogP contribution in [0.3, 0.4) is 0 Å². The maximum absolute atomic E-state index is 10.2. The maximum atomic E-state index is 10.2. The van der Waals surface area contributed by atoms with Gasteiger partial charge in [0.25, 0.3) is 0 Å². The van der Waals surface area contributed by atoms with Crippen LogP contribution in [0.5, 0.6) is 5.75 Å². The summed E-state index contributed by atoms with van der Waals surface area (Å²) in [5, 5.41) is 13.2. The average molecular weight is 471 g/mol. The van der Waals surface area contributed by atoms with Gasteiger partial charge in [0.15, 0.2) is 0 Å². The van der Waals surface area contributed by atoms with E-state index in [0.717, 1.165) is 42.7 Å². The summed E-state index contributed by atoms with van der Waals surface area (Å²) in [6.07, 6.45) is 4.74. The van der Waals surface area contributed by atoms with Gasteiger partial charge in [0.1, 0.15) is 11.9 Å². The number of aliphatic hydroxyl groups excluding tert-OH is 1. The lowest BCUT2D eigenvalue weighted by molar-refractivity contribution is -0.0871. The summed E-state index contributed by atoms with van der Waals surface area (Å²) < 4.78 is 12.1. The molecule has 0 spiro atoms. The van der Waals surface area contributed by atoms with Crippen LogP contribution in [-0.4, -0.2) is 24.3 Å². The van der Waals surface area contributed by atoms with E-state index >= 15 is 0 Å². The number of benzene rings is 3. The monoisotopic (exact) mass is 470 g/mol. The molecule has 0 saturated heterocycles. The molecule has 5 heteroatoms. The van der Waals surface area contributed by atoms with Gasteiger partial charge < -0.3 is 19.9 Å². The highest BCUT2D eigenvalue weighted by atomic mass is 16.6. The summed E-state index contributed by atoms with van der Waals surface area (Å²) in [5.74, 6) is 1.99. The molecule has 5 nitrogen and oxygen atoms in total. The normalized spacial score (nSPS) is 24.0. The molecule has 2 aliphatic carbocycles. The molecular weight excluding hydrogens is 436 g/mol. The zero-order chi connectivity index (χ0) is 24.0. The quantitative estimate of drug-likeness (QED) is 0.276. The van der Waals surface area contributed by atoms with E-state index in [1.54, 1.807) is 0 Å². The Morgan fingerprint density at radius 2 is 1.74 bits per heavy atom. The van der Waals surface area contributed by atoms with Crippen LogP contribution in [-0.2, 0) is 17.8 Å². The SMILES string of the molecule is C=NC1CCC(CC2Cc3ccccc3C2Oc2ccc(NC(O)OCc3ccccc3)cc2)C1. The Labute approximate surface area is 207 Å². The van der Waals surface area contributed by atoms with Crippen molar-refractivity contribution in [1.82, 2.24) is 0 Å². The summed E-state index contributed by atoms with van der Waals surface area (Å²) >= 11 is 0. The minimum absolute atomic E-state index is 0.0561. The molecule has 3 aromatic carbocycles. The minimum atomic E-state index is -1.09. The maximum Gasteiger partial charge on any atom is 0.235 e. The summed E-state index contributed by atoms with van der Waals surface area (Å²) in [4.78, 5) is 4.28. The molecule has 3 aromatic rings. The molecule has 0 amide bonds. The number of ether oxygens (including phenoxy) is 2. The number of hydrogen-bond donors (Lipinski definition) is 2. The van der Waals surface area contributed by atoms with Crippen molar-refractivity contribution in [2.45, 2.75) is 57.3 Å². The molecule has 2 aliphatic rings. The van der Waals surface area contributed by atoms with Crippen molar-refractivity contribution in [3.8, 4) is 5.75 Å². The number of rotatable bonds is 10. The van der Waals surface area contributed by atoms with Gasteiger partial charge in [0.2, 0.25) is 6.41 Å². The van der Waals surface area contributed by atoms with Gasteiger partial charge in [-0.25, -0.2) is 0 Å². The van der Waals surface area contributed by atoms with Crippen molar-refractivity contribution < 1.29 is 14.6 Å². The van der Waals surface area contributed by atoms with Crippen LogP contribution in [0.2, 0.25) is 0 Å². The second-order valence-corrected chi connectivity index (χ2v) is 9.77. The van der Waals surface area contributed by atoms with Gasteiger partial charge in [0.05, 0.1) is 6.61 Å². The van der Waals surface area contributed by atoms with Gasteiger partial charge >= 0.3 is 0 Å². The van der Waals surface area contributed by atoms with E-state index < -0.39 is 6.41 Å². The van der Waals surface area contributed by atoms with Gasteiger partial charge in [-0.05, 0) is 85.7 Å². The molecule has 5 atom stereocenters. The van der Waals surface area contributed by atoms with Gasteiger partial charge in [-0.15, -0.1) is 0 Å². The molecule has 0 radical (unpaired) electrons. The zero-order valence-corrected chi connectivity index (χ0v) is 20.1. The molecule has 0 aromatic heterocycles. The van der Waals surface area contributed by atoms with Crippen molar-refractivity contribution in [3.63, 3.8) is 0 Å². The summed E-state index contributed by atoms with van der Waals surface area (Å²) in [5.41, 5.74) is 4.49. The number of anilines is 1. The largest absolute Gasteiger partial charge is 0.485 e. The van der Waals surface area contributed by atoms with Gasteiger partial charge in [-0.2, -0.15) is 0 Å². The van der Waals surface area contributed by atoms with Crippen LogP contribution in [0.15, 0.2) is 83.9 Å². The molecular formula is C30H34N2O3. The summed E-state index contributed by atoms with van der Waals surface area (Å²) in [6, 6.07) is 26.6. The Morgan fingerprint density at radius 1 is 0.971 bits per heavy atom. The lowest BCUT2D eigenvalue weighted by Gasteiger charge is -2.25. The molecule has 1 saturated carbocycles. The lowest BCUT2D eigenvalue weighted by atomic mass is 9.89. The minimum Gasteiger partial charge on any atom is -0.485 e. The molecule has 2 N–H and O–H groups in total. The van der Waals surface area contributed by atoms with E-state index in [9.17, 15) is 5.11 Å². The Balaban J connectivity index is 1.20. The van der Waals surface area contributed by atoms with Gasteiger partial charge in [-0.1, -0.05) is 54.6 Å². The third kappa shape index (κ3) is 5.92. The highest BCUT2D eigenvalue weighted by molar-refractivity contribution is 5.47. The first-order chi connectivity index (χ1) is 17.2. The van der Waals surface area contributed by atoms with Crippen LogP contribution >= 0.6 is 0 Å². The Hall–Kier alpha value is -3.15. The van der Waals surface area contributed by atoms with E-state index in [1.165, 1.54) is 17.5 Å². The van der Waals surface area contributed by atoms with Gasteiger partial charge in [-0.3, -0.25) is 4.99 Å². The molecule has 182 valence electrons. The van der Waals surface area contributed by atoms with Crippen molar-refractivity contribution in [2.75, 3.05) is 5.32 Å². The van der Waals surface area contributed by atoms with Crippen molar-refractivity contribution in [1.29, 1.82) is 0 Å². The fourth-order valence-electron chi connectivity index (χ4n) is 5.57. The highest BCUT2D eigenvalue weighted by Crippen LogP contribution is 2.45. The predicted octanol–water partition coefficient (Wildman–Crippen LogP) is 6.14. The molecule has 35 heavy (non-hydrogen) atoms. The fourth-order valence-corrected chi connectivity index (χ4v) is 5.57. The highest BCUT2D eigenvalue weighted by Gasteiger charge is 2.37. The average Bonchev–Trinajstić information content (AvgIpc) is 3.49. The molecule has 0 heterocycles. The number of hydrogen-bond acceptors (Lipinski definition) is 5. The Bertz CT molecular complexity index is 1100. The first-order valence-electron chi connectivity index (χ1n) is 12.6. The second-order valence-electron chi connectivity index (χ2n) is 9.77. The first-order valence-corrected chi connectivity index (χ1v) is 12.6. The first kappa shape index (κ1) is 23.6. The molecule has 0 bridgehead atoms. The Morgan fingerprint density at radius 3 is 2.51 bits per heavy atom. The van der Waals surface area contributed by atoms with Crippen molar-refractivity contribution in [2.24, 2.45) is 16.8 Å². The van der Waals surface area contributed by atoms with Crippen LogP contribution < -0.4 is 10.1 Å². The van der Waals surface area contributed by atoms with Crippen LogP contribution in [0.25, 0.3) is 0 Å². The van der Waals surface area contributed by atoms with E-state index in [2.05, 4.69) is 41.3 Å². The van der Waals surface area contributed by atoms with Crippen LogP contribution in [0.1, 0.15) is 48.5 Å². The van der Waals surface area contributed by atoms with Crippen molar-refractivity contribution >= 4 is 12.4 Å². The number of aliphatic hydroxyl groups is 1. The van der Waals surface area contributed by atoms with E-state index in [0.29, 0.717) is 24.5 Å². The predicted molar refractivity (Wildman–Crippen MR) is 140 cm³/mol. The van der Waals surface area contributed by atoms with Gasteiger partial charge in [0, 0.05) is 17.6 Å². The molecule has 5 rings (SSSR count). The smallest absolute Gasteiger partial charge is 0.235 e. The number of nitrogens with one attached hydrogen (secondary N) is 1. The lowest BCUT2D eigenvalue weighted by Crippen LogP contribution is -2.22. The van der Waals surface area contributed by atoms with Crippen LogP contribution in [0.4, 0.5) is 5.69 Å². The Kier molecular flexibility index (Phi) is 7.45. The third-order valence-corrected chi connectivity index (χ3v) is 7.34. The fraction of sp³-hybridized carbons (Fsp3) is 0.367. The molecule has 1 fully saturated rings. The number of fused-ring (bicyclic) bond motifs is 1. The topological polar surface area (TPSA) is 63.1 Å². The second kappa shape index (κ2) is 11.1. The summed E-state index contributed by atoms with van der Waals surface area (Å²) in [7, 11) is 0. The standard InChI is InChI=1S/C30H34N2O3/c1-31-26-12-11-22(18-26)17-24-19-23-9-5-6-10-28(23)29(24)35-27-15-13-25(14-16-27)32-30(33)34-20-21-7-3-2-4-8-21/h2-10,13-16,22,24,26,29-30,32-33H,1,11-12,17-20H2. The third-order valence-electron chi connectivity index (χ3n) is 7.34. The number of nitrogens with zero attached hydrogens (tertiary/aromatic N) is 1. The molecule has 5 unspecified atom stereocenters. The van der Waals surface area contributed by atoms with E-state index in [-0.39, 0.29) is 6.10 Å². The van der Waals surface area contributed by atoms with E-state index in [1.807, 2.05) is 54.6 Å². The molecule has 0 aliphatic heterocycles. The zero-order valence-electron chi connectivity index (χ0n) is 20.1. The van der Waals surface area contributed by atoms with Crippen molar-refractivity contribution in [3.05, 3.63) is 95.6 Å². The summed E-state index contributed by atoms with van der Waals surface area (Å²) in [6.45, 7) is 4.09. The van der Waals surface area contributed by atoms with E-state index in [4.69, 9.17) is 9.47 Å². The van der Waals surface area contributed by atoms with Crippen LogP contribution in [0, 0.1) is 11.8 Å². The number of aliphatic imine (C=N–C) groups is 1.